The standard InChI is InChI=1S/C19H17Cl2N3O3/c1-2-16(26-15-5-3-4-14(21)10-15)19(25)22-11-17-23-18(24-27-17)12-6-8-13(20)9-7-12/h3-10,16H,2,11H2,1H3,(H,22,25)/t16-/m0/s1. The van der Waals surface area contributed by atoms with Crippen molar-refractivity contribution in [3.63, 3.8) is 0 Å². The summed E-state index contributed by atoms with van der Waals surface area (Å²) in [5.41, 5.74) is 0.774. The first-order valence-corrected chi connectivity index (χ1v) is 9.09. The fourth-order valence-corrected chi connectivity index (χ4v) is 2.65. The second kappa shape index (κ2) is 8.88. The number of rotatable bonds is 7. The number of carbonyl (C=O) groups excluding carboxylic acids is 1. The van der Waals surface area contributed by atoms with Crippen molar-refractivity contribution in [1.82, 2.24) is 15.5 Å². The molecule has 1 N–H and O–H groups in total. The second-order valence-electron chi connectivity index (χ2n) is 5.71. The highest BCUT2D eigenvalue weighted by Crippen LogP contribution is 2.20. The maximum absolute atomic E-state index is 12.4. The van der Waals surface area contributed by atoms with Gasteiger partial charge in [0.05, 0.1) is 6.54 Å². The fourth-order valence-electron chi connectivity index (χ4n) is 2.35. The van der Waals surface area contributed by atoms with Gasteiger partial charge >= 0.3 is 0 Å². The number of carbonyl (C=O) groups is 1. The molecule has 6 nitrogen and oxygen atoms in total. The van der Waals surface area contributed by atoms with Crippen molar-refractivity contribution >= 4 is 29.1 Å². The van der Waals surface area contributed by atoms with Crippen molar-refractivity contribution in [2.24, 2.45) is 0 Å². The molecule has 8 heteroatoms. The van der Waals surface area contributed by atoms with Gasteiger partial charge in [-0.2, -0.15) is 4.98 Å². The molecule has 0 aliphatic rings. The van der Waals surface area contributed by atoms with E-state index in [1.807, 2.05) is 6.92 Å². The normalized spacial score (nSPS) is 11.8. The van der Waals surface area contributed by atoms with E-state index in [1.54, 1.807) is 48.5 Å². The fraction of sp³-hybridized carbons (Fsp3) is 0.211. The molecular weight excluding hydrogens is 389 g/mol. The Morgan fingerprint density at radius 3 is 2.67 bits per heavy atom. The Labute approximate surface area is 166 Å². The molecule has 1 aromatic heterocycles. The number of benzene rings is 2. The van der Waals surface area contributed by atoms with Gasteiger partial charge in [0.25, 0.3) is 5.91 Å². The summed E-state index contributed by atoms with van der Waals surface area (Å²) in [4.78, 5) is 16.6. The molecule has 27 heavy (non-hydrogen) atoms. The third-order valence-corrected chi connectivity index (χ3v) is 4.21. The lowest BCUT2D eigenvalue weighted by Crippen LogP contribution is -2.37. The summed E-state index contributed by atoms with van der Waals surface area (Å²) in [5.74, 6) is 0.986. The Balaban J connectivity index is 1.58. The van der Waals surface area contributed by atoms with Crippen molar-refractivity contribution < 1.29 is 14.1 Å². The minimum Gasteiger partial charge on any atom is -0.481 e. The van der Waals surface area contributed by atoms with Crippen LogP contribution in [0, 0.1) is 0 Å². The molecule has 0 bridgehead atoms. The lowest BCUT2D eigenvalue weighted by atomic mass is 10.2. The topological polar surface area (TPSA) is 77.2 Å². The van der Waals surface area contributed by atoms with E-state index in [-0.39, 0.29) is 12.5 Å². The number of hydrogen-bond acceptors (Lipinski definition) is 5. The number of ether oxygens (including phenoxy) is 1. The van der Waals surface area contributed by atoms with E-state index in [0.29, 0.717) is 33.9 Å². The van der Waals surface area contributed by atoms with Crippen LogP contribution in [0.25, 0.3) is 11.4 Å². The summed E-state index contributed by atoms with van der Waals surface area (Å²) in [6.45, 7) is 1.97. The molecule has 1 atom stereocenters. The molecule has 1 heterocycles. The highest BCUT2D eigenvalue weighted by Gasteiger charge is 2.19. The summed E-state index contributed by atoms with van der Waals surface area (Å²) >= 11 is 11.8. The van der Waals surface area contributed by atoms with Gasteiger partial charge in [0.2, 0.25) is 11.7 Å². The smallest absolute Gasteiger partial charge is 0.261 e. The molecule has 0 unspecified atom stereocenters. The van der Waals surface area contributed by atoms with Crippen LogP contribution in [-0.2, 0) is 11.3 Å². The first kappa shape index (κ1) is 19.2. The first-order chi connectivity index (χ1) is 13.0. The van der Waals surface area contributed by atoms with Crippen molar-refractivity contribution in [2.45, 2.75) is 26.0 Å². The van der Waals surface area contributed by atoms with Gasteiger partial charge in [-0.3, -0.25) is 4.79 Å². The average Bonchev–Trinajstić information content (AvgIpc) is 3.14. The van der Waals surface area contributed by atoms with E-state index in [9.17, 15) is 4.79 Å². The van der Waals surface area contributed by atoms with E-state index < -0.39 is 6.10 Å². The second-order valence-corrected chi connectivity index (χ2v) is 6.58. The first-order valence-electron chi connectivity index (χ1n) is 8.33. The summed E-state index contributed by atoms with van der Waals surface area (Å²) in [7, 11) is 0. The van der Waals surface area contributed by atoms with Gasteiger partial charge in [-0.25, -0.2) is 0 Å². The van der Waals surface area contributed by atoms with E-state index in [2.05, 4.69) is 15.5 Å². The van der Waals surface area contributed by atoms with E-state index in [4.69, 9.17) is 32.5 Å². The van der Waals surface area contributed by atoms with Gasteiger partial charge in [0, 0.05) is 15.6 Å². The number of halogens is 2. The van der Waals surface area contributed by atoms with Gasteiger partial charge in [0.15, 0.2) is 6.10 Å². The van der Waals surface area contributed by atoms with Crippen LogP contribution in [0.1, 0.15) is 19.2 Å². The Morgan fingerprint density at radius 2 is 1.96 bits per heavy atom. The molecule has 0 aliphatic heterocycles. The molecule has 0 spiro atoms. The third kappa shape index (κ3) is 5.21. The SMILES string of the molecule is CC[C@H](Oc1cccc(Cl)c1)C(=O)NCc1nc(-c2ccc(Cl)cc2)no1. The van der Waals surface area contributed by atoms with Gasteiger partial charge < -0.3 is 14.6 Å². The van der Waals surface area contributed by atoms with Crippen molar-refractivity contribution in [1.29, 1.82) is 0 Å². The highest BCUT2D eigenvalue weighted by molar-refractivity contribution is 6.30. The number of nitrogens with one attached hydrogen (secondary N) is 1. The molecule has 2 aromatic carbocycles. The lowest BCUT2D eigenvalue weighted by molar-refractivity contribution is -0.128. The van der Waals surface area contributed by atoms with Crippen LogP contribution in [-0.4, -0.2) is 22.2 Å². The number of aromatic nitrogens is 2. The quantitative estimate of drug-likeness (QED) is 0.625. The molecular formula is C19H17Cl2N3O3. The molecule has 0 radical (unpaired) electrons. The highest BCUT2D eigenvalue weighted by atomic mass is 35.5. The van der Waals surface area contributed by atoms with E-state index >= 15 is 0 Å². The molecule has 140 valence electrons. The summed E-state index contributed by atoms with van der Waals surface area (Å²) in [5, 5.41) is 7.82. The molecule has 0 aliphatic carbocycles. The van der Waals surface area contributed by atoms with Crippen molar-refractivity contribution in [2.75, 3.05) is 0 Å². The zero-order valence-electron chi connectivity index (χ0n) is 14.5. The summed E-state index contributed by atoms with van der Waals surface area (Å²) < 4.78 is 10.9. The third-order valence-electron chi connectivity index (χ3n) is 3.72. The zero-order valence-corrected chi connectivity index (χ0v) is 16.0. The van der Waals surface area contributed by atoms with Crippen LogP contribution < -0.4 is 10.1 Å². The number of nitrogens with zero attached hydrogens (tertiary/aromatic N) is 2. The molecule has 0 fully saturated rings. The molecule has 0 saturated carbocycles. The Morgan fingerprint density at radius 1 is 1.19 bits per heavy atom. The average molecular weight is 406 g/mol. The van der Waals surface area contributed by atoms with E-state index in [1.165, 1.54) is 0 Å². The molecule has 1 amide bonds. The molecule has 0 saturated heterocycles. The predicted octanol–water partition coefficient (Wildman–Crippen LogP) is 4.52. The minimum absolute atomic E-state index is 0.106. The van der Waals surface area contributed by atoms with Crippen LogP contribution >= 0.6 is 23.2 Å². The van der Waals surface area contributed by atoms with Crippen molar-refractivity contribution in [3.8, 4) is 17.1 Å². The van der Waals surface area contributed by atoms with E-state index in [0.717, 1.165) is 5.56 Å². The Hall–Kier alpha value is -2.57. The van der Waals surface area contributed by atoms with Crippen LogP contribution in [0.15, 0.2) is 53.1 Å². The monoisotopic (exact) mass is 405 g/mol. The number of hydrogen-bond donors (Lipinski definition) is 1. The van der Waals surface area contributed by atoms with Crippen LogP contribution in [0.3, 0.4) is 0 Å². The maximum atomic E-state index is 12.4. The van der Waals surface area contributed by atoms with Crippen LogP contribution in [0.4, 0.5) is 0 Å². The largest absolute Gasteiger partial charge is 0.481 e. The van der Waals surface area contributed by atoms with Crippen LogP contribution in [0.2, 0.25) is 10.0 Å². The predicted molar refractivity (Wildman–Crippen MR) is 103 cm³/mol. The zero-order chi connectivity index (χ0) is 19.2. The number of amides is 1. The molecule has 3 rings (SSSR count). The summed E-state index contributed by atoms with van der Waals surface area (Å²) in [6, 6.07) is 14.0. The van der Waals surface area contributed by atoms with Gasteiger partial charge in [-0.15, -0.1) is 0 Å². The van der Waals surface area contributed by atoms with Gasteiger partial charge in [-0.1, -0.05) is 41.3 Å². The van der Waals surface area contributed by atoms with Gasteiger partial charge in [0.1, 0.15) is 5.75 Å². The van der Waals surface area contributed by atoms with Crippen LogP contribution in [0.5, 0.6) is 5.75 Å². The van der Waals surface area contributed by atoms with Gasteiger partial charge in [-0.05, 0) is 48.9 Å². The Bertz CT molecular complexity index is 913. The maximum Gasteiger partial charge on any atom is 0.261 e. The lowest BCUT2D eigenvalue weighted by Gasteiger charge is -2.16. The van der Waals surface area contributed by atoms with Crippen molar-refractivity contribution in [3.05, 3.63) is 64.5 Å². The minimum atomic E-state index is -0.651. The molecule has 3 aromatic rings. The Kier molecular flexibility index (Phi) is 6.32. The summed E-state index contributed by atoms with van der Waals surface area (Å²) in [6.07, 6.45) is -0.153.